The van der Waals surface area contributed by atoms with E-state index < -0.39 is 5.60 Å². The molecule has 6 heteroatoms. The number of methoxy groups -OCH3 is 1. The molecule has 2 rings (SSSR count). The van der Waals surface area contributed by atoms with Gasteiger partial charge in [-0.2, -0.15) is 0 Å². The molecule has 5 nitrogen and oxygen atoms in total. The van der Waals surface area contributed by atoms with E-state index in [1.165, 1.54) is 0 Å². The molecule has 0 amide bonds. The molecule has 1 aliphatic rings. The number of amidine groups is 1. The van der Waals surface area contributed by atoms with Crippen LogP contribution in [-0.2, 0) is 4.84 Å². The molecule has 0 aliphatic carbocycles. The Morgan fingerprint density at radius 3 is 2.78 bits per heavy atom. The van der Waals surface area contributed by atoms with E-state index in [1.807, 2.05) is 32.1 Å². The Labute approximate surface area is 144 Å². The van der Waals surface area contributed by atoms with E-state index in [0.717, 1.165) is 10.0 Å². The Morgan fingerprint density at radius 1 is 1.43 bits per heavy atom. The van der Waals surface area contributed by atoms with Gasteiger partial charge in [-0.15, -0.1) is 0 Å². The third kappa shape index (κ3) is 3.71. The lowest BCUT2D eigenvalue weighted by atomic mass is 9.91. The molecule has 0 saturated heterocycles. The summed E-state index contributed by atoms with van der Waals surface area (Å²) in [5, 5.41) is 0. The molecular formula is C17H20BrN3O2. The molecular weight excluding hydrogens is 358 g/mol. The van der Waals surface area contributed by atoms with Crippen molar-refractivity contribution < 1.29 is 9.57 Å². The smallest absolute Gasteiger partial charge is 0.228 e. The van der Waals surface area contributed by atoms with Crippen LogP contribution in [0.4, 0.5) is 0 Å². The molecule has 1 aromatic rings. The van der Waals surface area contributed by atoms with Crippen LogP contribution >= 0.6 is 15.9 Å². The van der Waals surface area contributed by atoms with Crippen LogP contribution in [0.25, 0.3) is 0 Å². The summed E-state index contributed by atoms with van der Waals surface area (Å²) in [6.45, 7) is 11.5. The van der Waals surface area contributed by atoms with Gasteiger partial charge in [0.1, 0.15) is 17.3 Å². The molecule has 122 valence electrons. The second kappa shape index (κ2) is 7.10. The number of rotatable bonds is 5. The number of hydrogen-bond acceptors (Lipinski definition) is 5. The van der Waals surface area contributed by atoms with Crippen molar-refractivity contribution in [3.63, 3.8) is 0 Å². The summed E-state index contributed by atoms with van der Waals surface area (Å²) in [6, 6.07) is 3.46. The summed E-state index contributed by atoms with van der Waals surface area (Å²) in [5.74, 6) is 1.02. The standard InChI is InChI=1S/C17H20BrN3O2/c1-6-8-11(7-2)14-17(3,4)23-21-15(20-14)13-10-9-12(18)16(19-13)22-5/h6-10,14H,1-2H2,3-5H3,(H,20,21)/b11-8+. The molecule has 0 spiro atoms. The Bertz CT molecular complexity index is 680. The van der Waals surface area contributed by atoms with Crippen LogP contribution in [0.5, 0.6) is 5.88 Å². The maximum atomic E-state index is 5.78. The fraction of sp³-hybridized carbons (Fsp3) is 0.294. The first-order valence-corrected chi connectivity index (χ1v) is 7.90. The number of hydroxylamine groups is 1. The van der Waals surface area contributed by atoms with Gasteiger partial charge in [0.15, 0.2) is 5.84 Å². The molecule has 0 saturated carbocycles. The molecule has 2 heterocycles. The lowest BCUT2D eigenvalue weighted by molar-refractivity contribution is -0.0735. The zero-order valence-corrected chi connectivity index (χ0v) is 15.1. The molecule has 1 atom stereocenters. The topological polar surface area (TPSA) is 55.7 Å². The van der Waals surface area contributed by atoms with Crippen molar-refractivity contribution in [3.8, 4) is 5.88 Å². The first-order valence-electron chi connectivity index (χ1n) is 7.10. The highest BCUT2D eigenvalue weighted by atomic mass is 79.9. The van der Waals surface area contributed by atoms with Crippen molar-refractivity contribution in [1.82, 2.24) is 10.5 Å². The van der Waals surface area contributed by atoms with E-state index >= 15 is 0 Å². The number of pyridine rings is 1. The van der Waals surface area contributed by atoms with Crippen LogP contribution in [0.3, 0.4) is 0 Å². The monoisotopic (exact) mass is 377 g/mol. The Hall–Kier alpha value is -1.92. The molecule has 1 aliphatic heterocycles. The fourth-order valence-electron chi connectivity index (χ4n) is 2.25. The molecule has 0 aromatic carbocycles. The molecule has 1 aromatic heterocycles. The van der Waals surface area contributed by atoms with Crippen LogP contribution < -0.4 is 10.2 Å². The molecule has 0 fully saturated rings. The number of nitrogens with zero attached hydrogens (tertiary/aromatic N) is 2. The summed E-state index contributed by atoms with van der Waals surface area (Å²) in [7, 11) is 1.57. The highest BCUT2D eigenvalue weighted by Crippen LogP contribution is 2.29. The SMILES string of the molecule is C=C/C=C(\C=C)C1N=C(c2ccc(Br)c(OC)n2)NOC1(C)C. The fourth-order valence-corrected chi connectivity index (χ4v) is 2.63. The predicted molar refractivity (Wildman–Crippen MR) is 95.6 cm³/mol. The molecule has 0 radical (unpaired) electrons. The molecule has 23 heavy (non-hydrogen) atoms. The second-order valence-corrected chi connectivity index (χ2v) is 6.34. The summed E-state index contributed by atoms with van der Waals surface area (Å²) in [4.78, 5) is 15.0. The number of nitrogens with one attached hydrogen (secondary N) is 1. The number of aromatic nitrogens is 1. The van der Waals surface area contributed by atoms with Crippen molar-refractivity contribution in [3.05, 3.63) is 59.3 Å². The van der Waals surface area contributed by atoms with E-state index in [0.29, 0.717) is 17.4 Å². The Kier molecular flexibility index (Phi) is 5.38. The van der Waals surface area contributed by atoms with Crippen molar-refractivity contribution in [2.24, 2.45) is 4.99 Å². The maximum absolute atomic E-state index is 5.78. The lowest BCUT2D eigenvalue weighted by Gasteiger charge is -2.36. The normalized spacial score (nSPS) is 20.3. The van der Waals surface area contributed by atoms with Crippen molar-refractivity contribution in [1.29, 1.82) is 0 Å². The average molecular weight is 378 g/mol. The second-order valence-electron chi connectivity index (χ2n) is 5.48. The minimum atomic E-state index is -0.536. The van der Waals surface area contributed by atoms with Gasteiger partial charge < -0.3 is 4.74 Å². The third-order valence-electron chi connectivity index (χ3n) is 3.44. The molecule has 1 N–H and O–H groups in total. The van der Waals surface area contributed by atoms with Crippen LogP contribution in [0.1, 0.15) is 19.5 Å². The Morgan fingerprint density at radius 2 is 2.17 bits per heavy atom. The lowest BCUT2D eigenvalue weighted by Crippen LogP contribution is -2.50. The van der Waals surface area contributed by atoms with Crippen LogP contribution in [-0.4, -0.2) is 29.6 Å². The zero-order chi connectivity index (χ0) is 17.0. The molecule has 1 unspecified atom stereocenters. The van der Waals surface area contributed by atoms with Gasteiger partial charge in [0.25, 0.3) is 0 Å². The van der Waals surface area contributed by atoms with Gasteiger partial charge in [-0.3, -0.25) is 9.83 Å². The van der Waals surface area contributed by atoms with Crippen LogP contribution in [0.15, 0.2) is 58.6 Å². The largest absolute Gasteiger partial charge is 0.480 e. The first kappa shape index (κ1) is 17.4. The number of hydrogen-bond donors (Lipinski definition) is 1. The van der Waals surface area contributed by atoms with Gasteiger partial charge in [0.05, 0.1) is 11.6 Å². The minimum absolute atomic E-state index is 0.231. The van der Waals surface area contributed by atoms with Crippen molar-refractivity contribution in [2.75, 3.05) is 7.11 Å². The van der Waals surface area contributed by atoms with E-state index in [-0.39, 0.29) is 6.04 Å². The highest BCUT2D eigenvalue weighted by molar-refractivity contribution is 9.10. The van der Waals surface area contributed by atoms with E-state index in [4.69, 9.17) is 14.6 Å². The third-order valence-corrected chi connectivity index (χ3v) is 4.04. The van der Waals surface area contributed by atoms with E-state index in [2.05, 4.69) is 39.6 Å². The minimum Gasteiger partial charge on any atom is -0.480 e. The Balaban J connectivity index is 2.47. The quantitative estimate of drug-likeness (QED) is 0.796. The number of ether oxygens (including phenoxy) is 1. The van der Waals surface area contributed by atoms with E-state index in [9.17, 15) is 0 Å². The van der Waals surface area contributed by atoms with E-state index in [1.54, 1.807) is 19.3 Å². The predicted octanol–water partition coefficient (Wildman–Crippen LogP) is 3.58. The van der Waals surface area contributed by atoms with Gasteiger partial charge in [-0.05, 0) is 47.5 Å². The van der Waals surface area contributed by atoms with Gasteiger partial charge in [-0.25, -0.2) is 10.5 Å². The maximum Gasteiger partial charge on any atom is 0.228 e. The first-order chi connectivity index (χ1) is 10.9. The zero-order valence-electron chi connectivity index (χ0n) is 13.5. The molecule has 0 bridgehead atoms. The summed E-state index contributed by atoms with van der Waals surface area (Å²) >= 11 is 3.39. The summed E-state index contributed by atoms with van der Waals surface area (Å²) < 4.78 is 6.00. The van der Waals surface area contributed by atoms with Crippen LogP contribution in [0.2, 0.25) is 0 Å². The number of halogens is 1. The van der Waals surface area contributed by atoms with Crippen molar-refractivity contribution in [2.45, 2.75) is 25.5 Å². The van der Waals surface area contributed by atoms with Gasteiger partial charge in [0, 0.05) is 0 Å². The highest BCUT2D eigenvalue weighted by Gasteiger charge is 2.37. The summed E-state index contributed by atoms with van der Waals surface area (Å²) in [6.07, 6.45) is 5.36. The summed E-state index contributed by atoms with van der Waals surface area (Å²) in [5.41, 5.74) is 3.90. The van der Waals surface area contributed by atoms with Gasteiger partial charge in [0.2, 0.25) is 5.88 Å². The number of aliphatic imine (C=N–C) groups is 1. The van der Waals surface area contributed by atoms with Gasteiger partial charge >= 0.3 is 0 Å². The average Bonchev–Trinajstić information content (AvgIpc) is 2.53. The van der Waals surface area contributed by atoms with Crippen molar-refractivity contribution >= 4 is 21.8 Å². The number of allylic oxidation sites excluding steroid dienone is 2. The van der Waals surface area contributed by atoms with Crippen LogP contribution in [0, 0.1) is 0 Å². The van der Waals surface area contributed by atoms with Gasteiger partial charge in [-0.1, -0.05) is 31.4 Å².